The molecule has 0 aliphatic rings. The Morgan fingerprint density at radius 3 is 2.52 bits per heavy atom. The van der Waals surface area contributed by atoms with E-state index in [0.717, 1.165) is 12.1 Å². The summed E-state index contributed by atoms with van der Waals surface area (Å²) in [4.78, 5) is 4.15. The maximum absolute atomic E-state index is 13.5. The summed E-state index contributed by atoms with van der Waals surface area (Å²) < 4.78 is 32.4. The van der Waals surface area contributed by atoms with Crippen molar-refractivity contribution in [2.75, 3.05) is 11.9 Å². The summed E-state index contributed by atoms with van der Waals surface area (Å²) in [7, 11) is 0. The number of hydrogen-bond acceptors (Lipinski definition) is 4. The Morgan fingerprint density at radius 2 is 1.81 bits per heavy atom. The molecule has 108 valence electrons. The number of para-hydroxylation sites is 2. The summed E-state index contributed by atoms with van der Waals surface area (Å²) in [5, 5.41) is 12.6. The molecule has 2 N–H and O–H groups in total. The van der Waals surface area contributed by atoms with Crippen molar-refractivity contribution < 1.29 is 18.3 Å². The summed E-state index contributed by atoms with van der Waals surface area (Å²) >= 11 is 0. The van der Waals surface area contributed by atoms with Crippen molar-refractivity contribution in [3.05, 3.63) is 59.7 Å². The molecule has 6 heteroatoms. The molecule has 2 aromatic carbocycles. The Morgan fingerprint density at radius 1 is 1.10 bits per heavy atom. The molecule has 0 radical (unpaired) electrons. The zero-order valence-electron chi connectivity index (χ0n) is 10.9. The molecule has 1 aromatic heterocycles. The molecule has 0 aliphatic carbocycles. The Kier molecular flexibility index (Phi) is 3.53. The van der Waals surface area contributed by atoms with Crippen LogP contribution >= 0.6 is 0 Å². The lowest BCUT2D eigenvalue weighted by atomic mass is 10.1. The average Bonchev–Trinajstić information content (AvgIpc) is 2.87. The van der Waals surface area contributed by atoms with Gasteiger partial charge in [-0.3, -0.25) is 0 Å². The third kappa shape index (κ3) is 2.71. The Hall–Kier alpha value is -2.47. The molecule has 1 heterocycles. The lowest BCUT2D eigenvalue weighted by Gasteiger charge is -2.12. The summed E-state index contributed by atoms with van der Waals surface area (Å²) in [5.74, 6) is -1.58. The third-order valence-electron chi connectivity index (χ3n) is 3.07. The van der Waals surface area contributed by atoms with Gasteiger partial charge >= 0.3 is 0 Å². The van der Waals surface area contributed by atoms with Crippen LogP contribution in [-0.2, 0) is 0 Å². The predicted molar refractivity (Wildman–Crippen MR) is 73.8 cm³/mol. The number of hydrogen-bond donors (Lipinski definition) is 2. The highest BCUT2D eigenvalue weighted by Gasteiger charge is 2.18. The van der Waals surface area contributed by atoms with Gasteiger partial charge in [0.25, 0.3) is 6.01 Å². The maximum atomic E-state index is 13.5. The molecular weight excluding hydrogens is 278 g/mol. The van der Waals surface area contributed by atoms with Crippen molar-refractivity contribution in [3.8, 4) is 0 Å². The lowest BCUT2D eigenvalue weighted by Crippen LogP contribution is -2.15. The first kappa shape index (κ1) is 13.5. The third-order valence-corrected chi connectivity index (χ3v) is 3.07. The number of rotatable bonds is 4. The van der Waals surface area contributed by atoms with E-state index >= 15 is 0 Å². The second-order valence-electron chi connectivity index (χ2n) is 4.52. The lowest BCUT2D eigenvalue weighted by molar-refractivity contribution is 0.180. The fourth-order valence-corrected chi connectivity index (χ4v) is 2.06. The van der Waals surface area contributed by atoms with Gasteiger partial charge in [-0.2, -0.15) is 4.98 Å². The maximum Gasteiger partial charge on any atom is 0.295 e. The van der Waals surface area contributed by atoms with E-state index in [1.54, 1.807) is 18.2 Å². The van der Waals surface area contributed by atoms with Crippen LogP contribution in [0.2, 0.25) is 0 Å². The Bertz CT molecular complexity index is 720. The number of anilines is 1. The van der Waals surface area contributed by atoms with Crippen LogP contribution in [0.25, 0.3) is 11.1 Å². The van der Waals surface area contributed by atoms with Gasteiger partial charge in [0.2, 0.25) is 0 Å². The van der Waals surface area contributed by atoms with Crippen molar-refractivity contribution in [3.63, 3.8) is 0 Å². The highest BCUT2D eigenvalue weighted by atomic mass is 19.1. The minimum absolute atomic E-state index is 0.120. The average molecular weight is 290 g/mol. The molecule has 0 amide bonds. The number of halogens is 2. The van der Waals surface area contributed by atoms with Gasteiger partial charge in [-0.05, 0) is 24.3 Å². The quantitative estimate of drug-likeness (QED) is 0.774. The summed E-state index contributed by atoms with van der Waals surface area (Å²) in [6.45, 7) is -0.120. The molecule has 0 spiro atoms. The summed E-state index contributed by atoms with van der Waals surface area (Å²) in [6, 6.07) is 10.8. The standard InChI is InChI=1S/C15H12F2N2O2/c16-9-4-3-5-10(17)14(9)12(20)8-18-15-19-11-6-1-2-7-13(11)21-15/h1-7,12,20H,8H2,(H,18,19). The molecule has 1 unspecified atom stereocenters. The first-order chi connectivity index (χ1) is 10.1. The van der Waals surface area contributed by atoms with Gasteiger partial charge in [0, 0.05) is 6.54 Å². The summed E-state index contributed by atoms with van der Waals surface area (Å²) in [6.07, 6.45) is -1.35. The van der Waals surface area contributed by atoms with E-state index in [1.165, 1.54) is 6.07 Å². The monoisotopic (exact) mass is 290 g/mol. The van der Waals surface area contributed by atoms with Crippen LogP contribution in [0, 0.1) is 11.6 Å². The number of nitrogens with one attached hydrogen (secondary N) is 1. The first-order valence-electron chi connectivity index (χ1n) is 6.36. The number of nitrogens with zero attached hydrogens (tertiary/aromatic N) is 1. The zero-order valence-corrected chi connectivity index (χ0v) is 10.9. The molecule has 1 atom stereocenters. The Labute approximate surface area is 119 Å². The fourth-order valence-electron chi connectivity index (χ4n) is 2.06. The van der Waals surface area contributed by atoms with Crippen LogP contribution in [0.4, 0.5) is 14.8 Å². The predicted octanol–water partition coefficient (Wildman–Crippen LogP) is 3.25. The van der Waals surface area contributed by atoms with Gasteiger partial charge in [-0.25, -0.2) is 8.78 Å². The normalized spacial score (nSPS) is 12.5. The van der Waals surface area contributed by atoms with Crippen molar-refractivity contribution >= 4 is 17.1 Å². The van der Waals surface area contributed by atoms with Gasteiger partial charge in [-0.15, -0.1) is 0 Å². The smallest absolute Gasteiger partial charge is 0.295 e. The van der Waals surface area contributed by atoms with Crippen molar-refractivity contribution in [2.45, 2.75) is 6.10 Å². The van der Waals surface area contributed by atoms with Crippen LogP contribution in [0.1, 0.15) is 11.7 Å². The first-order valence-corrected chi connectivity index (χ1v) is 6.36. The molecule has 21 heavy (non-hydrogen) atoms. The van der Waals surface area contributed by atoms with Crippen molar-refractivity contribution in [1.82, 2.24) is 4.98 Å². The minimum atomic E-state index is -1.35. The molecule has 0 saturated heterocycles. The van der Waals surface area contributed by atoms with E-state index in [0.29, 0.717) is 11.1 Å². The van der Waals surface area contributed by atoms with Gasteiger partial charge in [0.1, 0.15) is 23.3 Å². The van der Waals surface area contributed by atoms with Gasteiger partial charge in [-0.1, -0.05) is 18.2 Å². The van der Waals surface area contributed by atoms with E-state index in [4.69, 9.17) is 4.42 Å². The van der Waals surface area contributed by atoms with Crippen LogP contribution in [-0.4, -0.2) is 16.6 Å². The van der Waals surface area contributed by atoms with E-state index < -0.39 is 17.7 Å². The number of aliphatic hydroxyl groups excluding tert-OH is 1. The number of aromatic nitrogens is 1. The van der Waals surface area contributed by atoms with Gasteiger partial charge < -0.3 is 14.8 Å². The van der Waals surface area contributed by atoms with Crippen molar-refractivity contribution in [2.24, 2.45) is 0 Å². The largest absolute Gasteiger partial charge is 0.424 e. The molecule has 3 aromatic rings. The van der Waals surface area contributed by atoms with Crippen LogP contribution in [0.15, 0.2) is 46.9 Å². The van der Waals surface area contributed by atoms with E-state index in [-0.39, 0.29) is 18.1 Å². The topological polar surface area (TPSA) is 58.3 Å². The second kappa shape index (κ2) is 5.49. The van der Waals surface area contributed by atoms with Crippen molar-refractivity contribution in [1.29, 1.82) is 0 Å². The van der Waals surface area contributed by atoms with Crippen LogP contribution < -0.4 is 5.32 Å². The summed E-state index contributed by atoms with van der Waals surface area (Å²) in [5.41, 5.74) is 0.874. The molecular formula is C15H12F2N2O2. The van der Waals surface area contributed by atoms with Crippen LogP contribution in [0.3, 0.4) is 0 Å². The second-order valence-corrected chi connectivity index (χ2v) is 4.52. The SMILES string of the molecule is OC(CNc1nc2ccccc2o1)c1c(F)cccc1F. The number of oxazole rings is 1. The highest BCUT2D eigenvalue weighted by molar-refractivity contribution is 5.74. The molecule has 0 fully saturated rings. The number of aliphatic hydroxyl groups is 1. The van der Waals surface area contributed by atoms with E-state index in [9.17, 15) is 13.9 Å². The highest BCUT2D eigenvalue weighted by Crippen LogP contribution is 2.22. The molecule has 0 bridgehead atoms. The molecule has 0 saturated carbocycles. The minimum Gasteiger partial charge on any atom is -0.424 e. The van der Waals surface area contributed by atoms with Crippen LogP contribution in [0.5, 0.6) is 0 Å². The molecule has 3 rings (SSSR count). The Balaban J connectivity index is 1.75. The fraction of sp³-hybridized carbons (Fsp3) is 0.133. The van der Waals surface area contributed by atoms with E-state index in [2.05, 4.69) is 10.3 Å². The van der Waals surface area contributed by atoms with Gasteiger partial charge in [0.05, 0.1) is 5.56 Å². The molecule has 4 nitrogen and oxygen atoms in total. The van der Waals surface area contributed by atoms with E-state index in [1.807, 2.05) is 6.07 Å². The number of fused-ring (bicyclic) bond motifs is 1. The van der Waals surface area contributed by atoms with Gasteiger partial charge in [0.15, 0.2) is 5.58 Å². The zero-order chi connectivity index (χ0) is 14.8. The number of benzene rings is 2. The molecule has 0 aliphatic heterocycles.